The van der Waals surface area contributed by atoms with Crippen molar-refractivity contribution in [2.75, 3.05) is 20.3 Å². The Morgan fingerprint density at radius 1 is 1.55 bits per heavy atom. The molecule has 0 saturated carbocycles. The smallest absolute Gasteiger partial charge is 0.362 e. The average Bonchev–Trinajstić information content (AvgIpc) is 1.86. The summed E-state index contributed by atoms with van der Waals surface area (Å²) in [6.45, 7) is 4.15. The second-order valence-corrected chi connectivity index (χ2v) is 2.92. The fourth-order valence-corrected chi connectivity index (χ4v) is 0.736. The average molecular weight is 162 g/mol. The maximum absolute atomic E-state index is 10.8. The van der Waals surface area contributed by atoms with E-state index >= 15 is 0 Å². The van der Waals surface area contributed by atoms with E-state index in [0.717, 1.165) is 0 Å². The van der Waals surface area contributed by atoms with Gasteiger partial charge in [0.2, 0.25) is 0 Å². The van der Waals surface area contributed by atoms with Gasteiger partial charge in [-0.25, -0.2) is 4.79 Å². The van der Waals surface area contributed by atoms with Crippen molar-refractivity contribution in [3.05, 3.63) is 0 Å². The first-order valence-electron chi connectivity index (χ1n) is 3.52. The minimum Gasteiger partial charge on any atom is -0.453 e. The van der Waals surface area contributed by atoms with E-state index in [9.17, 15) is 4.79 Å². The molecule has 0 aliphatic rings. The van der Waals surface area contributed by atoms with Crippen molar-refractivity contribution in [2.24, 2.45) is 0 Å². The van der Waals surface area contributed by atoms with Crippen molar-refractivity contribution in [1.82, 2.24) is 0 Å². The molecule has 66 valence electrons. The first-order chi connectivity index (χ1) is 5.02. The lowest BCUT2D eigenvalue weighted by Crippen LogP contribution is -2.56. The molecule has 4 nitrogen and oxygen atoms in total. The Balaban J connectivity index is 3.80. The van der Waals surface area contributed by atoms with E-state index in [4.69, 9.17) is 9.47 Å². The van der Waals surface area contributed by atoms with E-state index in [2.05, 4.69) is 5.73 Å². The van der Waals surface area contributed by atoms with Gasteiger partial charge < -0.3 is 15.2 Å². The lowest BCUT2D eigenvalue weighted by molar-refractivity contribution is -0.361. The van der Waals surface area contributed by atoms with Gasteiger partial charge in [0.1, 0.15) is 5.60 Å². The van der Waals surface area contributed by atoms with Gasteiger partial charge >= 0.3 is 5.97 Å². The Morgan fingerprint density at radius 2 is 2.09 bits per heavy atom. The molecule has 0 rings (SSSR count). The molecule has 0 unspecified atom stereocenters. The minimum atomic E-state index is -0.538. The first kappa shape index (κ1) is 10.4. The Hall–Kier alpha value is -0.610. The number of methoxy groups -OCH3 is 1. The highest BCUT2D eigenvalue weighted by Crippen LogP contribution is 2.08. The summed E-state index contributed by atoms with van der Waals surface area (Å²) in [5.41, 5.74) is 2.88. The van der Waals surface area contributed by atoms with Gasteiger partial charge in [0.25, 0.3) is 0 Å². The summed E-state index contributed by atoms with van der Waals surface area (Å²) in [6.07, 6.45) is 0. The topological polar surface area (TPSA) is 63.2 Å². The third kappa shape index (κ3) is 4.75. The fraction of sp³-hybridized carbons (Fsp3) is 0.857. The molecule has 0 aliphatic heterocycles. The SMILES string of the molecule is COCC(C)(C)OC(=O)C[NH3+]. The van der Waals surface area contributed by atoms with Crippen molar-refractivity contribution in [1.29, 1.82) is 0 Å². The van der Waals surface area contributed by atoms with Crippen LogP contribution < -0.4 is 5.73 Å². The van der Waals surface area contributed by atoms with Gasteiger partial charge in [0.05, 0.1) is 6.61 Å². The van der Waals surface area contributed by atoms with Crippen LogP contribution in [0, 0.1) is 0 Å². The molecule has 3 N–H and O–H groups in total. The molecule has 0 aromatic carbocycles. The number of rotatable bonds is 4. The molecule has 0 saturated heterocycles. The van der Waals surface area contributed by atoms with Gasteiger partial charge in [0, 0.05) is 7.11 Å². The molecule has 4 heteroatoms. The summed E-state index contributed by atoms with van der Waals surface area (Å²) in [4.78, 5) is 10.8. The first-order valence-corrected chi connectivity index (χ1v) is 3.52. The van der Waals surface area contributed by atoms with Crippen LogP contribution in [0.2, 0.25) is 0 Å². The standard InChI is InChI=1S/C7H15NO3/c1-7(2,5-10-3)11-6(9)4-8/h4-5,8H2,1-3H3/p+1. The van der Waals surface area contributed by atoms with Crippen LogP contribution in [0.3, 0.4) is 0 Å². The van der Waals surface area contributed by atoms with Crippen LogP contribution in [0.15, 0.2) is 0 Å². The fourth-order valence-electron chi connectivity index (χ4n) is 0.736. The van der Waals surface area contributed by atoms with Crippen LogP contribution in [0.5, 0.6) is 0 Å². The Kier molecular flexibility index (Phi) is 4.07. The van der Waals surface area contributed by atoms with Crippen molar-refractivity contribution in [3.63, 3.8) is 0 Å². The lowest BCUT2D eigenvalue weighted by atomic mass is 10.1. The Morgan fingerprint density at radius 3 is 2.45 bits per heavy atom. The number of esters is 1. The molecule has 0 spiro atoms. The maximum atomic E-state index is 10.8. The number of hydrogen-bond donors (Lipinski definition) is 1. The molecule has 0 bridgehead atoms. The van der Waals surface area contributed by atoms with E-state index in [1.807, 2.05) is 0 Å². The van der Waals surface area contributed by atoms with Crippen molar-refractivity contribution >= 4 is 5.97 Å². The summed E-state index contributed by atoms with van der Waals surface area (Å²) in [6, 6.07) is 0. The number of ether oxygens (including phenoxy) is 2. The molecule has 0 amide bonds. The van der Waals surface area contributed by atoms with Crippen molar-refractivity contribution in [2.45, 2.75) is 19.4 Å². The van der Waals surface area contributed by atoms with E-state index in [-0.39, 0.29) is 12.5 Å². The van der Waals surface area contributed by atoms with Crippen LogP contribution in [0.4, 0.5) is 0 Å². The van der Waals surface area contributed by atoms with Crippen LogP contribution in [0.1, 0.15) is 13.8 Å². The summed E-state index contributed by atoms with van der Waals surface area (Å²) in [5, 5.41) is 0. The molecular weight excluding hydrogens is 146 g/mol. The summed E-state index contributed by atoms with van der Waals surface area (Å²) < 4.78 is 9.86. The van der Waals surface area contributed by atoms with E-state index < -0.39 is 5.60 Å². The van der Waals surface area contributed by atoms with E-state index in [1.165, 1.54) is 0 Å². The largest absolute Gasteiger partial charge is 0.453 e. The lowest BCUT2D eigenvalue weighted by Gasteiger charge is -2.22. The van der Waals surface area contributed by atoms with Crippen LogP contribution >= 0.6 is 0 Å². The zero-order valence-corrected chi connectivity index (χ0v) is 7.35. The van der Waals surface area contributed by atoms with Gasteiger partial charge in [-0.15, -0.1) is 0 Å². The van der Waals surface area contributed by atoms with Crippen molar-refractivity contribution in [3.8, 4) is 0 Å². The normalized spacial score (nSPS) is 11.3. The molecule has 0 aliphatic carbocycles. The van der Waals surface area contributed by atoms with E-state index in [1.54, 1.807) is 21.0 Å². The van der Waals surface area contributed by atoms with Gasteiger partial charge in [-0.05, 0) is 13.8 Å². The molecular formula is C7H16NO3+. The highest BCUT2D eigenvalue weighted by atomic mass is 16.6. The summed E-state index contributed by atoms with van der Waals surface area (Å²) in [5.74, 6) is -0.299. The second-order valence-electron chi connectivity index (χ2n) is 2.92. The highest BCUT2D eigenvalue weighted by Gasteiger charge is 2.22. The van der Waals surface area contributed by atoms with Crippen LogP contribution in [-0.4, -0.2) is 31.8 Å². The number of hydrogen-bond acceptors (Lipinski definition) is 3. The predicted molar refractivity (Wildman–Crippen MR) is 39.8 cm³/mol. The number of carbonyl (C=O) groups excluding carboxylic acids is 1. The molecule has 0 aromatic rings. The third-order valence-corrected chi connectivity index (χ3v) is 1.09. The number of quaternary nitrogens is 1. The molecule has 11 heavy (non-hydrogen) atoms. The van der Waals surface area contributed by atoms with Gasteiger partial charge in [-0.3, -0.25) is 0 Å². The van der Waals surface area contributed by atoms with Gasteiger partial charge in [0.15, 0.2) is 6.54 Å². The van der Waals surface area contributed by atoms with Crippen molar-refractivity contribution < 1.29 is 20.0 Å². The Labute approximate surface area is 66.7 Å². The van der Waals surface area contributed by atoms with Gasteiger partial charge in [-0.1, -0.05) is 0 Å². The third-order valence-electron chi connectivity index (χ3n) is 1.09. The van der Waals surface area contributed by atoms with Crippen LogP contribution in [-0.2, 0) is 14.3 Å². The van der Waals surface area contributed by atoms with E-state index in [0.29, 0.717) is 6.61 Å². The zero-order valence-electron chi connectivity index (χ0n) is 7.35. The molecule has 0 heterocycles. The molecule has 0 radical (unpaired) electrons. The quantitative estimate of drug-likeness (QED) is 0.550. The molecule has 0 fully saturated rings. The summed E-state index contributed by atoms with van der Waals surface area (Å²) in [7, 11) is 1.57. The second kappa shape index (κ2) is 4.31. The Bertz CT molecular complexity index is 134. The van der Waals surface area contributed by atoms with Crippen LogP contribution in [0.25, 0.3) is 0 Å². The highest BCUT2D eigenvalue weighted by molar-refractivity contribution is 5.70. The maximum Gasteiger partial charge on any atom is 0.362 e. The number of carbonyl (C=O) groups is 1. The minimum absolute atomic E-state index is 0.160. The molecule has 0 atom stereocenters. The monoisotopic (exact) mass is 162 g/mol. The zero-order chi connectivity index (χ0) is 8.91. The predicted octanol–water partition coefficient (Wildman–Crippen LogP) is -0.803. The summed E-state index contributed by atoms with van der Waals surface area (Å²) >= 11 is 0. The van der Waals surface area contributed by atoms with Gasteiger partial charge in [-0.2, -0.15) is 0 Å². The molecule has 0 aromatic heterocycles.